The van der Waals surface area contributed by atoms with Crippen LogP contribution < -0.4 is 10.2 Å². The number of ether oxygens (including phenoxy) is 1. The Kier molecular flexibility index (Phi) is 6.40. The zero-order chi connectivity index (χ0) is 15.8. The van der Waals surface area contributed by atoms with Gasteiger partial charge in [0.1, 0.15) is 5.75 Å². The van der Waals surface area contributed by atoms with Gasteiger partial charge in [-0.1, -0.05) is 12.8 Å². The lowest BCUT2D eigenvalue weighted by molar-refractivity contribution is -0.121. The van der Waals surface area contributed by atoms with Gasteiger partial charge in [0.05, 0.1) is 19.4 Å². The second-order valence-electron chi connectivity index (χ2n) is 5.72. The van der Waals surface area contributed by atoms with E-state index >= 15 is 0 Å². The van der Waals surface area contributed by atoms with Crippen molar-refractivity contribution in [1.82, 2.24) is 5.43 Å². The molecule has 120 valence electrons. The van der Waals surface area contributed by atoms with Gasteiger partial charge in [-0.15, -0.1) is 0 Å². The third kappa shape index (κ3) is 5.15. The smallest absolute Gasteiger partial charge is 0.240 e. The molecule has 1 amide bonds. The van der Waals surface area contributed by atoms with Crippen LogP contribution in [0.25, 0.3) is 0 Å². The molecule has 1 aromatic rings. The lowest BCUT2D eigenvalue weighted by Crippen LogP contribution is -2.23. The highest BCUT2D eigenvalue weighted by atomic mass is 16.5. The number of methoxy groups -OCH3 is 1. The van der Waals surface area contributed by atoms with Crippen molar-refractivity contribution in [1.29, 1.82) is 0 Å². The molecule has 0 saturated heterocycles. The van der Waals surface area contributed by atoms with E-state index in [1.54, 1.807) is 13.3 Å². The van der Waals surface area contributed by atoms with E-state index in [0.717, 1.165) is 24.2 Å². The van der Waals surface area contributed by atoms with Crippen LogP contribution in [-0.4, -0.2) is 30.4 Å². The molecule has 22 heavy (non-hydrogen) atoms. The predicted molar refractivity (Wildman–Crippen MR) is 85.9 cm³/mol. The van der Waals surface area contributed by atoms with Crippen molar-refractivity contribution in [2.45, 2.75) is 44.6 Å². The molecule has 1 aliphatic carbocycles. The number of rotatable bonds is 7. The van der Waals surface area contributed by atoms with E-state index in [-0.39, 0.29) is 12.0 Å². The van der Waals surface area contributed by atoms with Gasteiger partial charge >= 0.3 is 0 Å². The maximum atomic E-state index is 11.7. The highest BCUT2D eigenvalue weighted by molar-refractivity contribution is 5.82. The van der Waals surface area contributed by atoms with E-state index in [1.807, 2.05) is 24.3 Å². The van der Waals surface area contributed by atoms with Gasteiger partial charge in [0.25, 0.3) is 0 Å². The Balaban J connectivity index is 1.68. The number of carbonyl (C=O) groups is 1. The molecule has 2 rings (SSSR count). The van der Waals surface area contributed by atoms with E-state index in [0.29, 0.717) is 18.8 Å². The average molecular weight is 304 g/mol. The molecule has 5 heteroatoms. The van der Waals surface area contributed by atoms with E-state index in [4.69, 9.17) is 4.74 Å². The van der Waals surface area contributed by atoms with Crippen molar-refractivity contribution in [3.63, 3.8) is 0 Å². The third-order valence-corrected chi connectivity index (χ3v) is 4.13. The quantitative estimate of drug-likeness (QED) is 0.600. The summed E-state index contributed by atoms with van der Waals surface area (Å²) in [6.45, 7) is 0. The fourth-order valence-electron chi connectivity index (χ4n) is 2.78. The molecular formula is C17H24N2O3. The monoisotopic (exact) mass is 304 g/mol. The van der Waals surface area contributed by atoms with Crippen molar-refractivity contribution in [2.75, 3.05) is 7.11 Å². The molecule has 1 saturated carbocycles. The van der Waals surface area contributed by atoms with E-state index in [2.05, 4.69) is 10.5 Å². The molecule has 0 bridgehead atoms. The number of benzene rings is 1. The van der Waals surface area contributed by atoms with Crippen LogP contribution >= 0.6 is 0 Å². The molecule has 5 nitrogen and oxygen atoms in total. The molecule has 1 fully saturated rings. The second kappa shape index (κ2) is 8.54. The number of nitrogens with zero attached hydrogens (tertiary/aromatic N) is 1. The van der Waals surface area contributed by atoms with Crippen molar-refractivity contribution >= 4 is 12.1 Å². The lowest BCUT2D eigenvalue weighted by Gasteiger charge is -2.16. The summed E-state index contributed by atoms with van der Waals surface area (Å²) in [6.07, 6.45) is 6.59. The Morgan fingerprint density at radius 3 is 2.73 bits per heavy atom. The first-order valence-corrected chi connectivity index (χ1v) is 7.83. The minimum Gasteiger partial charge on any atom is -0.497 e. The first kappa shape index (κ1) is 16.5. The molecule has 0 aliphatic heterocycles. The van der Waals surface area contributed by atoms with Crippen molar-refractivity contribution in [2.24, 2.45) is 11.0 Å². The zero-order valence-corrected chi connectivity index (χ0v) is 13.0. The molecule has 0 radical (unpaired) electrons. The number of aliphatic hydroxyl groups excluding tert-OH is 1. The molecule has 0 heterocycles. The highest BCUT2D eigenvalue weighted by Gasteiger charge is 2.23. The summed E-state index contributed by atoms with van der Waals surface area (Å²) < 4.78 is 5.07. The maximum Gasteiger partial charge on any atom is 0.240 e. The highest BCUT2D eigenvalue weighted by Crippen LogP contribution is 2.29. The predicted octanol–water partition coefficient (Wildman–Crippen LogP) is 2.48. The molecule has 0 aromatic heterocycles. The maximum absolute atomic E-state index is 11.7. The molecule has 2 N–H and O–H groups in total. The Morgan fingerprint density at radius 2 is 2.09 bits per heavy atom. The zero-order valence-electron chi connectivity index (χ0n) is 13.0. The van der Waals surface area contributed by atoms with Gasteiger partial charge in [-0.25, -0.2) is 5.43 Å². The molecule has 1 atom stereocenters. The van der Waals surface area contributed by atoms with Crippen LogP contribution in [-0.2, 0) is 4.79 Å². The summed E-state index contributed by atoms with van der Waals surface area (Å²) in [5.41, 5.74) is 3.38. The Bertz CT molecular complexity index is 493. The van der Waals surface area contributed by atoms with Gasteiger partial charge < -0.3 is 9.84 Å². The number of aliphatic hydroxyl groups is 1. The first-order chi connectivity index (χ1) is 10.7. The normalized spacial score (nSPS) is 16.8. The number of hydrogen-bond donors (Lipinski definition) is 2. The number of amides is 1. The number of hydrazone groups is 1. The van der Waals surface area contributed by atoms with Gasteiger partial charge in [0, 0.05) is 6.42 Å². The minimum absolute atomic E-state index is 0.165. The first-order valence-electron chi connectivity index (χ1n) is 7.83. The lowest BCUT2D eigenvalue weighted by atomic mass is 9.97. The molecular weight excluding hydrogens is 280 g/mol. The molecule has 0 unspecified atom stereocenters. The average Bonchev–Trinajstić information content (AvgIpc) is 3.08. The summed E-state index contributed by atoms with van der Waals surface area (Å²) in [5.74, 6) is 0.986. The molecule has 1 aliphatic rings. The van der Waals surface area contributed by atoms with Crippen molar-refractivity contribution < 1.29 is 14.6 Å². The minimum atomic E-state index is -0.362. The van der Waals surface area contributed by atoms with Crippen molar-refractivity contribution in [3.8, 4) is 5.75 Å². The van der Waals surface area contributed by atoms with Gasteiger partial charge in [-0.2, -0.15) is 5.10 Å². The summed E-state index contributed by atoms with van der Waals surface area (Å²) in [5, 5.41) is 13.9. The van der Waals surface area contributed by atoms with Gasteiger partial charge in [0.2, 0.25) is 5.91 Å². The van der Waals surface area contributed by atoms with Crippen LogP contribution in [0.2, 0.25) is 0 Å². The number of hydrogen-bond acceptors (Lipinski definition) is 4. The second-order valence-corrected chi connectivity index (χ2v) is 5.72. The fourth-order valence-corrected chi connectivity index (χ4v) is 2.78. The van der Waals surface area contributed by atoms with Crippen molar-refractivity contribution in [3.05, 3.63) is 29.8 Å². The Labute approximate surface area is 131 Å². The van der Waals surface area contributed by atoms with Gasteiger partial charge in [0.15, 0.2) is 0 Å². The third-order valence-electron chi connectivity index (χ3n) is 4.13. The molecule has 1 aromatic carbocycles. The van der Waals surface area contributed by atoms with Crippen LogP contribution in [0.15, 0.2) is 29.4 Å². The van der Waals surface area contributed by atoms with Crippen LogP contribution in [0.1, 0.15) is 44.1 Å². The largest absolute Gasteiger partial charge is 0.497 e. The summed E-state index contributed by atoms with van der Waals surface area (Å²) >= 11 is 0. The summed E-state index contributed by atoms with van der Waals surface area (Å²) in [6, 6.07) is 7.39. The Hall–Kier alpha value is -1.88. The topological polar surface area (TPSA) is 70.9 Å². The van der Waals surface area contributed by atoms with Crippen LogP contribution in [0.4, 0.5) is 0 Å². The number of carbonyl (C=O) groups excluding carboxylic acids is 1. The fraction of sp³-hybridized carbons (Fsp3) is 0.529. The standard InChI is InChI=1S/C17H24N2O3/c1-22-15-8-6-13(7-9-15)12-18-19-17(21)11-10-16(20)14-4-2-3-5-14/h6-9,12,14,16,20H,2-5,10-11H2,1H3,(H,19,21)/b18-12-/t16-/m0/s1. The summed E-state index contributed by atoms with van der Waals surface area (Å²) in [7, 11) is 1.61. The Morgan fingerprint density at radius 1 is 1.41 bits per heavy atom. The van der Waals surface area contributed by atoms with Crippen LogP contribution in [0.5, 0.6) is 5.75 Å². The van der Waals surface area contributed by atoms with Crippen LogP contribution in [0, 0.1) is 5.92 Å². The molecule has 0 spiro atoms. The summed E-state index contributed by atoms with van der Waals surface area (Å²) in [4.78, 5) is 11.7. The van der Waals surface area contributed by atoms with Crippen LogP contribution in [0.3, 0.4) is 0 Å². The number of nitrogens with one attached hydrogen (secondary N) is 1. The van der Waals surface area contributed by atoms with Gasteiger partial charge in [-0.3, -0.25) is 4.79 Å². The van der Waals surface area contributed by atoms with E-state index in [1.165, 1.54) is 12.8 Å². The van der Waals surface area contributed by atoms with Gasteiger partial charge in [-0.05, 0) is 55.0 Å². The SMILES string of the molecule is COc1ccc(/C=N\NC(=O)CC[C@H](O)C2CCCC2)cc1. The van der Waals surface area contributed by atoms with E-state index in [9.17, 15) is 9.90 Å². The van der Waals surface area contributed by atoms with E-state index < -0.39 is 0 Å².